The van der Waals surface area contributed by atoms with Crippen LogP contribution in [0.1, 0.15) is 31.4 Å². The molecule has 1 fully saturated rings. The van der Waals surface area contributed by atoms with Gasteiger partial charge in [-0.3, -0.25) is 9.69 Å². The smallest absolute Gasteiger partial charge is 0.306 e. The lowest BCUT2D eigenvalue weighted by Gasteiger charge is -2.35. The molecule has 1 saturated heterocycles. The van der Waals surface area contributed by atoms with Gasteiger partial charge in [0, 0.05) is 10.5 Å². The molecule has 0 amide bonds. The third-order valence-corrected chi connectivity index (χ3v) is 4.25. The number of piperidine rings is 1. The predicted octanol–water partition coefficient (Wildman–Crippen LogP) is 3.31. The molecule has 0 radical (unpaired) electrons. The Morgan fingerprint density at radius 3 is 2.67 bits per heavy atom. The second-order valence-corrected chi connectivity index (χ2v) is 5.80. The van der Waals surface area contributed by atoms with Gasteiger partial charge in [0.25, 0.3) is 0 Å². The Morgan fingerprint density at radius 1 is 1.44 bits per heavy atom. The molecule has 1 aromatic rings. The van der Waals surface area contributed by atoms with Gasteiger partial charge >= 0.3 is 5.97 Å². The lowest BCUT2D eigenvalue weighted by Crippen LogP contribution is -2.37. The quantitative estimate of drug-likeness (QED) is 0.931. The largest absolute Gasteiger partial charge is 0.481 e. The minimum atomic E-state index is -0.648. The molecule has 2 rings (SSSR count). The van der Waals surface area contributed by atoms with E-state index in [-0.39, 0.29) is 5.92 Å². The zero-order valence-corrected chi connectivity index (χ0v) is 12.1. The van der Waals surface area contributed by atoms with Gasteiger partial charge in [-0.25, -0.2) is 0 Å². The maximum absolute atomic E-state index is 10.9. The standard InChI is InChI=1S/C14H18BrNO2/c1-10(12-3-2-4-13(15)9-12)16-7-5-11(6-8-16)14(17)18/h2-4,9-11H,5-8H2,1H3,(H,17,18). The van der Waals surface area contributed by atoms with Gasteiger partial charge in [0.05, 0.1) is 5.92 Å². The Morgan fingerprint density at radius 2 is 2.11 bits per heavy atom. The lowest BCUT2D eigenvalue weighted by molar-refractivity contribution is -0.143. The average Bonchev–Trinajstić information content (AvgIpc) is 2.38. The summed E-state index contributed by atoms with van der Waals surface area (Å²) in [5.74, 6) is -0.805. The van der Waals surface area contributed by atoms with Gasteiger partial charge in [0.15, 0.2) is 0 Å². The van der Waals surface area contributed by atoms with E-state index in [1.807, 2.05) is 12.1 Å². The molecule has 18 heavy (non-hydrogen) atoms. The zero-order chi connectivity index (χ0) is 13.1. The van der Waals surface area contributed by atoms with Crippen molar-refractivity contribution >= 4 is 21.9 Å². The first-order valence-corrected chi connectivity index (χ1v) is 7.09. The molecule has 0 aliphatic carbocycles. The molecule has 1 aromatic carbocycles. The van der Waals surface area contributed by atoms with E-state index >= 15 is 0 Å². The number of likely N-dealkylation sites (tertiary alicyclic amines) is 1. The van der Waals surface area contributed by atoms with Crippen LogP contribution in [0.15, 0.2) is 28.7 Å². The Hall–Kier alpha value is -0.870. The highest BCUT2D eigenvalue weighted by Gasteiger charge is 2.27. The Labute approximate surface area is 116 Å². The summed E-state index contributed by atoms with van der Waals surface area (Å²) in [4.78, 5) is 13.3. The molecule has 1 unspecified atom stereocenters. The van der Waals surface area contributed by atoms with E-state index in [0.717, 1.165) is 30.4 Å². The van der Waals surface area contributed by atoms with E-state index in [1.54, 1.807) is 0 Å². The van der Waals surface area contributed by atoms with Crippen LogP contribution >= 0.6 is 15.9 Å². The van der Waals surface area contributed by atoms with E-state index in [1.165, 1.54) is 5.56 Å². The van der Waals surface area contributed by atoms with E-state index in [2.05, 4.69) is 39.9 Å². The van der Waals surface area contributed by atoms with Gasteiger partial charge in [0.1, 0.15) is 0 Å². The lowest BCUT2D eigenvalue weighted by atomic mass is 9.95. The van der Waals surface area contributed by atoms with Crippen LogP contribution in [-0.2, 0) is 4.79 Å². The number of aliphatic carboxylic acids is 1. The van der Waals surface area contributed by atoms with Crippen molar-refractivity contribution in [3.8, 4) is 0 Å². The van der Waals surface area contributed by atoms with E-state index in [0.29, 0.717) is 6.04 Å². The molecule has 0 spiro atoms. The van der Waals surface area contributed by atoms with Gasteiger partial charge in [-0.15, -0.1) is 0 Å². The van der Waals surface area contributed by atoms with Crippen LogP contribution in [0.25, 0.3) is 0 Å². The molecule has 1 heterocycles. The van der Waals surface area contributed by atoms with Crippen molar-refractivity contribution in [2.24, 2.45) is 5.92 Å². The number of benzene rings is 1. The fourth-order valence-electron chi connectivity index (χ4n) is 2.51. The molecule has 98 valence electrons. The van der Waals surface area contributed by atoms with Gasteiger partial charge in [-0.05, 0) is 50.6 Å². The predicted molar refractivity (Wildman–Crippen MR) is 74.5 cm³/mol. The van der Waals surface area contributed by atoms with Gasteiger partial charge in [-0.1, -0.05) is 28.1 Å². The zero-order valence-electron chi connectivity index (χ0n) is 10.5. The van der Waals surface area contributed by atoms with Crippen LogP contribution in [0.2, 0.25) is 0 Å². The van der Waals surface area contributed by atoms with Crippen molar-refractivity contribution in [3.05, 3.63) is 34.3 Å². The van der Waals surface area contributed by atoms with E-state index in [4.69, 9.17) is 5.11 Å². The first-order valence-electron chi connectivity index (χ1n) is 6.30. The molecule has 0 bridgehead atoms. The fourth-order valence-corrected chi connectivity index (χ4v) is 2.93. The summed E-state index contributed by atoms with van der Waals surface area (Å²) >= 11 is 3.49. The number of hydrogen-bond acceptors (Lipinski definition) is 2. The topological polar surface area (TPSA) is 40.5 Å². The molecule has 1 aliphatic rings. The van der Waals surface area contributed by atoms with Crippen molar-refractivity contribution in [1.82, 2.24) is 4.90 Å². The highest BCUT2D eigenvalue weighted by atomic mass is 79.9. The summed E-state index contributed by atoms with van der Waals surface area (Å²) in [6.45, 7) is 3.91. The van der Waals surface area contributed by atoms with Crippen molar-refractivity contribution in [2.45, 2.75) is 25.8 Å². The van der Waals surface area contributed by atoms with Crippen LogP contribution in [0.3, 0.4) is 0 Å². The molecular weight excluding hydrogens is 294 g/mol. The molecule has 1 atom stereocenters. The van der Waals surface area contributed by atoms with Gasteiger partial charge in [-0.2, -0.15) is 0 Å². The number of nitrogens with zero attached hydrogens (tertiary/aromatic N) is 1. The molecule has 1 N–H and O–H groups in total. The SMILES string of the molecule is CC(c1cccc(Br)c1)N1CCC(C(=O)O)CC1. The first kappa shape index (κ1) is 13.6. The number of carboxylic acid groups (broad SMARTS) is 1. The van der Waals surface area contributed by atoms with Gasteiger partial charge in [0.2, 0.25) is 0 Å². The summed E-state index contributed by atoms with van der Waals surface area (Å²) in [6.07, 6.45) is 1.52. The molecule has 3 nitrogen and oxygen atoms in total. The second kappa shape index (κ2) is 5.85. The minimum Gasteiger partial charge on any atom is -0.481 e. The number of rotatable bonds is 3. The highest BCUT2D eigenvalue weighted by molar-refractivity contribution is 9.10. The summed E-state index contributed by atoms with van der Waals surface area (Å²) in [7, 11) is 0. The molecule has 0 saturated carbocycles. The molecule has 1 aliphatic heterocycles. The minimum absolute atomic E-state index is 0.157. The third kappa shape index (κ3) is 3.12. The summed E-state index contributed by atoms with van der Waals surface area (Å²) in [5, 5.41) is 8.99. The van der Waals surface area contributed by atoms with Crippen molar-refractivity contribution in [1.29, 1.82) is 0 Å². The van der Waals surface area contributed by atoms with E-state index in [9.17, 15) is 4.79 Å². The number of carbonyl (C=O) groups is 1. The van der Waals surface area contributed by atoms with Gasteiger partial charge < -0.3 is 5.11 Å². The number of carboxylic acids is 1. The van der Waals surface area contributed by atoms with Crippen LogP contribution in [0.5, 0.6) is 0 Å². The molecule has 4 heteroatoms. The average molecular weight is 312 g/mol. The van der Waals surface area contributed by atoms with E-state index < -0.39 is 5.97 Å². The highest BCUT2D eigenvalue weighted by Crippen LogP contribution is 2.27. The summed E-state index contributed by atoms with van der Waals surface area (Å²) < 4.78 is 1.09. The van der Waals surface area contributed by atoms with Crippen LogP contribution in [0, 0.1) is 5.92 Å². The van der Waals surface area contributed by atoms with Crippen molar-refractivity contribution < 1.29 is 9.90 Å². The summed E-state index contributed by atoms with van der Waals surface area (Å²) in [6, 6.07) is 8.66. The van der Waals surface area contributed by atoms with Crippen LogP contribution < -0.4 is 0 Å². The van der Waals surface area contributed by atoms with Crippen LogP contribution in [-0.4, -0.2) is 29.1 Å². The van der Waals surface area contributed by atoms with Crippen molar-refractivity contribution in [3.63, 3.8) is 0 Å². The number of halogens is 1. The van der Waals surface area contributed by atoms with Crippen molar-refractivity contribution in [2.75, 3.05) is 13.1 Å². The normalized spacial score (nSPS) is 19.7. The molecular formula is C14H18BrNO2. The maximum Gasteiger partial charge on any atom is 0.306 e. The third-order valence-electron chi connectivity index (χ3n) is 3.76. The fraction of sp³-hybridized carbons (Fsp3) is 0.500. The maximum atomic E-state index is 10.9. The summed E-state index contributed by atoms with van der Waals surface area (Å²) in [5.41, 5.74) is 1.28. The monoisotopic (exact) mass is 311 g/mol. The first-order chi connectivity index (χ1) is 8.58. The number of hydrogen-bond donors (Lipinski definition) is 1. The second-order valence-electron chi connectivity index (χ2n) is 4.88. The Balaban J connectivity index is 1.99. The Bertz CT molecular complexity index is 428. The van der Waals surface area contributed by atoms with Crippen LogP contribution in [0.4, 0.5) is 0 Å². The Kier molecular flexibility index (Phi) is 4.40. The molecule has 0 aromatic heterocycles.